The molecule has 1 aliphatic rings. The molecule has 0 bridgehead atoms. The van der Waals surface area contributed by atoms with Gasteiger partial charge in [-0.15, -0.1) is 22.7 Å². The standard InChI is InChI=1S/C33H45ClN2O5S2Si/c1-32(2,3)44(5,6)40-22-23-11-16-27(26(34)21-23)35-30(37)17-18-36(4)24-12-14-25(15-13-24)41-31(38)33(39,28-9-7-19-42-28)29-10-8-20-43-29/h7-11,16,19-21,24-25,39H,12-15,17-18,22H2,1-6H3,(H,35,37). The minimum Gasteiger partial charge on any atom is -0.460 e. The monoisotopic (exact) mass is 676 g/mol. The summed E-state index contributed by atoms with van der Waals surface area (Å²) in [6.45, 7) is 12.2. The van der Waals surface area contributed by atoms with Crippen LogP contribution in [0, 0.1) is 0 Å². The van der Waals surface area contributed by atoms with Gasteiger partial charge in [0, 0.05) is 19.0 Å². The smallest absolute Gasteiger partial charge is 0.349 e. The summed E-state index contributed by atoms with van der Waals surface area (Å²) in [6.07, 6.45) is 3.19. The number of halogens is 1. The predicted octanol–water partition coefficient (Wildman–Crippen LogP) is 8.04. The van der Waals surface area contributed by atoms with Crippen molar-refractivity contribution in [3.05, 3.63) is 73.6 Å². The molecule has 1 aromatic carbocycles. The number of benzene rings is 1. The average Bonchev–Trinajstić information content (AvgIpc) is 3.71. The predicted molar refractivity (Wildman–Crippen MR) is 183 cm³/mol. The Bertz CT molecular complexity index is 1350. The Kier molecular flexibility index (Phi) is 11.5. The van der Waals surface area contributed by atoms with Crippen molar-refractivity contribution in [2.45, 2.75) is 95.4 Å². The van der Waals surface area contributed by atoms with Crippen LogP contribution in [-0.2, 0) is 31.0 Å². The van der Waals surface area contributed by atoms with Crippen LogP contribution in [0.25, 0.3) is 0 Å². The summed E-state index contributed by atoms with van der Waals surface area (Å²) in [5, 5.41) is 18.8. The van der Waals surface area contributed by atoms with E-state index in [9.17, 15) is 14.7 Å². The van der Waals surface area contributed by atoms with Gasteiger partial charge in [0.2, 0.25) is 11.5 Å². The number of thiophene rings is 2. The molecule has 0 unspecified atom stereocenters. The maximum absolute atomic E-state index is 13.3. The lowest BCUT2D eigenvalue weighted by molar-refractivity contribution is -0.169. The van der Waals surface area contributed by atoms with Gasteiger partial charge in [0.25, 0.3) is 0 Å². The normalized spacial score (nSPS) is 17.9. The van der Waals surface area contributed by atoms with E-state index in [0.29, 0.717) is 52.9 Å². The van der Waals surface area contributed by atoms with Crippen LogP contribution in [0.3, 0.4) is 0 Å². The van der Waals surface area contributed by atoms with Gasteiger partial charge in [0.15, 0.2) is 8.32 Å². The van der Waals surface area contributed by atoms with Crippen molar-refractivity contribution >= 4 is 60.2 Å². The van der Waals surface area contributed by atoms with E-state index in [1.54, 1.807) is 12.1 Å². The van der Waals surface area contributed by atoms with Crippen LogP contribution in [0.15, 0.2) is 53.2 Å². The fourth-order valence-corrected chi connectivity index (χ4v) is 7.96. The highest BCUT2D eigenvalue weighted by molar-refractivity contribution is 7.12. The van der Waals surface area contributed by atoms with Crippen molar-refractivity contribution in [1.82, 2.24) is 4.90 Å². The first-order chi connectivity index (χ1) is 20.7. The second-order valence-corrected chi connectivity index (χ2v) is 20.3. The van der Waals surface area contributed by atoms with Crippen molar-refractivity contribution < 1.29 is 23.9 Å². The molecule has 11 heteroatoms. The first-order valence-electron chi connectivity index (χ1n) is 15.1. The molecule has 2 N–H and O–H groups in total. The maximum Gasteiger partial charge on any atom is 0.349 e. The molecule has 0 aliphatic heterocycles. The van der Waals surface area contributed by atoms with Gasteiger partial charge in [-0.1, -0.05) is 50.6 Å². The fourth-order valence-electron chi connectivity index (χ4n) is 5.04. The quantitative estimate of drug-likeness (QED) is 0.149. The van der Waals surface area contributed by atoms with Crippen molar-refractivity contribution in [2.24, 2.45) is 0 Å². The molecule has 1 aliphatic carbocycles. The number of hydrogen-bond acceptors (Lipinski definition) is 8. The summed E-state index contributed by atoms with van der Waals surface area (Å²) in [5.74, 6) is -0.709. The Morgan fingerprint density at radius 2 is 1.66 bits per heavy atom. The second kappa shape index (κ2) is 14.6. The SMILES string of the molecule is CN(CCC(=O)Nc1ccc(CO[Si](C)(C)C(C)(C)C)cc1Cl)C1CCC(OC(=O)C(O)(c2cccs2)c2cccs2)CC1. The molecular formula is C33H45ClN2O5S2Si. The Labute approximate surface area is 275 Å². The molecule has 0 atom stereocenters. The molecule has 2 heterocycles. The number of aliphatic hydroxyl groups is 1. The Morgan fingerprint density at radius 3 is 2.18 bits per heavy atom. The minimum atomic E-state index is -1.87. The molecule has 240 valence electrons. The van der Waals surface area contributed by atoms with E-state index >= 15 is 0 Å². The number of carbonyl (C=O) groups excluding carboxylic acids is 2. The molecule has 7 nitrogen and oxygen atoms in total. The van der Waals surface area contributed by atoms with E-state index in [4.69, 9.17) is 20.8 Å². The largest absolute Gasteiger partial charge is 0.460 e. The summed E-state index contributed by atoms with van der Waals surface area (Å²) >= 11 is 9.20. The zero-order valence-electron chi connectivity index (χ0n) is 26.5. The maximum atomic E-state index is 13.3. The number of carbonyl (C=O) groups is 2. The third-order valence-corrected chi connectivity index (χ3v) is 15.7. The van der Waals surface area contributed by atoms with Crippen molar-refractivity contribution in [1.29, 1.82) is 0 Å². The molecule has 0 radical (unpaired) electrons. The Morgan fingerprint density at radius 1 is 1.05 bits per heavy atom. The second-order valence-electron chi connectivity index (χ2n) is 13.1. The number of amides is 1. The number of nitrogens with zero attached hydrogens (tertiary/aromatic N) is 1. The summed E-state index contributed by atoms with van der Waals surface area (Å²) in [5.41, 5.74) is -0.199. The zero-order chi connectivity index (χ0) is 32.1. The van der Waals surface area contributed by atoms with E-state index in [1.807, 2.05) is 48.1 Å². The number of hydrogen-bond donors (Lipinski definition) is 2. The molecule has 1 saturated carbocycles. The summed E-state index contributed by atoms with van der Waals surface area (Å²) < 4.78 is 12.2. The molecule has 3 aromatic rings. The number of ether oxygens (including phenoxy) is 1. The van der Waals surface area contributed by atoms with E-state index in [-0.39, 0.29) is 23.1 Å². The minimum absolute atomic E-state index is 0.0897. The highest BCUT2D eigenvalue weighted by Crippen LogP contribution is 2.39. The van der Waals surface area contributed by atoms with E-state index < -0.39 is 19.9 Å². The van der Waals surface area contributed by atoms with Crippen molar-refractivity contribution in [3.8, 4) is 0 Å². The third kappa shape index (κ3) is 8.40. The number of anilines is 1. The van der Waals surface area contributed by atoms with Gasteiger partial charge in [-0.05, 0) is 91.5 Å². The summed E-state index contributed by atoms with van der Waals surface area (Å²) in [7, 11) is 0.159. The highest BCUT2D eigenvalue weighted by Gasteiger charge is 2.45. The first kappa shape index (κ1) is 34.8. The van der Waals surface area contributed by atoms with Crippen LogP contribution in [0.5, 0.6) is 0 Å². The summed E-state index contributed by atoms with van der Waals surface area (Å²) in [6, 6.07) is 13.1. The van der Waals surface area contributed by atoms with Crippen LogP contribution in [0.2, 0.25) is 23.2 Å². The third-order valence-electron chi connectivity index (χ3n) is 9.00. The van der Waals surface area contributed by atoms with E-state index in [0.717, 1.165) is 18.4 Å². The lowest BCUT2D eigenvalue weighted by Crippen LogP contribution is -2.42. The average molecular weight is 677 g/mol. The zero-order valence-corrected chi connectivity index (χ0v) is 29.9. The van der Waals surface area contributed by atoms with Crippen LogP contribution in [0.4, 0.5) is 5.69 Å². The van der Waals surface area contributed by atoms with Crippen molar-refractivity contribution in [3.63, 3.8) is 0 Å². The highest BCUT2D eigenvalue weighted by atomic mass is 35.5. The van der Waals surface area contributed by atoms with Gasteiger partial charge < -0.3 is 24.5 Å². The molecule has 0 saturated heterocycles. The summed E-state index contributed by atoms with van der Waals surface area (Å²) in [4.78, 5) is 29.4. The number of rotatable bonds is 12. The van der Waals surface area contributed by atoms with E-state index in [1.165, 1.54) is 22.7 Å². The van der Waals surface area contributed by atoms with Crippen LogP contribution < -0.4 is 5.32 Å². The Hall–Kier alpha value is -2.05. The molecule has 1 amide bonds. The van der Waals surface area contributed by atoms with Gasteiger partial charge in [-0.3, -0.25) is 4.79 Å². The lowest BCUT2D eigenvalue weighted by Gasteiger charge is -2.36. The van der Waals surface area contributed by atoms with Gasteiger partial charge in [-0.25, -0.2) is 4.79 Å². The fraction of sp³-hybridized carbons (Fsp3) is 0.515. The van der Waals surface area contributed by atoms with Gasteiger partial charge in [0.05, 0.1) is 27.1 Å². The molecule has 1 fully saturated rings. The van der Waals surface area contributed by atoms with E-state index in [2.05, 4.69) is 44.1 Å². The molecule has 44 heavy (non-hydrogen) atoms. The van der Waals surface area contributed by atoms with Gasteiger partial charge in [0.1, 0.15) is 6.10 Å². The first-order valence-corrected chi connectivity index (χ1v) is 20.2. The molecular weight excluding hydrogens is 632 g/mol. The molecule has 0 spiro atoms. The number of esters is 1. The Balaban J connectivity index is 1.22. The van der Waals surface area contributed by atoms with Crippen molar-refractivity contribution in [2.75, 3.05) is 18.9 Å². The van der Waals surface area contributed by atoms with Crippen LogP contribution >= 0.6 is 34.3 Å². The van der Waals surface area contributed by atoms with Crippen LogP contribution in [0.1, 0.15) is 68.2 Å². The van der Waals surface area contributed by atoms with Gasteiger partial charge >= 0.3 is 5.97 Å². The lowest BCUT2D eigenvalue weighted by atomic mass is 9.91. The number of nitrogens with one attached hydrogen (secondary N) is 1. The van der Waals surface area contributed by atoms with Gasteiger partial charge in [-0.2, -0.15) is 0 Å². The van der Waals surface area contributed by atoms with Crippen LogP contribution in [-0.4, -0.2) is 55.9 Å². The topological polar surface area (TPSA) is 88.1 Å². The molecule has 4 rings (SSSR count). The molecule has 2 aromatic heterocycles.